The van der Waals surface area contributed by atoms with Crippen molar-refractivity contribution in [3.05, 3.63) is 88.5 Å². The zero-order valence-corrected chi connectivity index (χ0v) is 36.6. The van der Waals surface area contributed by atoms with Crippen LogP contribution < -0.4 is 30.7 Å². The van der Waals surface area contributed by atoms with Crippen molar-refractivity contribution in [1.29, 1.82) is 0 Å². The Hall–Kier alpha value is -6.17. The van der Waals surface area contributed by atoms with E-state index in [1.54, 1.807) is 7.11 Å². The number of amides is 7. The molecule has 17 heteroatoms. The van der Waals surface area contributed by atoms with Crippen LogP contribution >= 0.6 is 0 Å². The van der Waals surface area contributed by atoms with Crippen molar-refractivity contribution in [3.8, 4) is 11.5 Å². The van der Waals surface area contributed by atoms with E-state index in [0.717, 1.165) is 46.7 Å². The molecule has 0 radical (unpaired) electrons. The van der Waals surface area contributed by atoms with Crippen molar-refractivity contribution in [2.45, 2.75) is 77.2 Å². The predicted octanol–water partition coefficient (Wildman–Crippen LogP) is 3.83. The Balaban J connectivity index is 0.813. The van der Waals surface area contributed by atoms with Gasteiger partial charge in [0.1, 0.15) is 17.5 Å². The molecule has 5 rings (SSSR count). The van der Waals surface area contributed by atoms with E-state index in [1.165, 1.54) is 23.8 Å². The molecule has 3 aromatic carbocycles. The second kappa shape index (κ2) is 25.8. The van der Waals surface area contributed by atoms with E-state index in [4.69, 9.17) is 23.7 Å². The number of benzene rings is 3. The summed E-state index contributed by atoms with van der Waals surface area (Å²) < 4.78 is 27.6. The van der Waals surface area contributed by atoms with Gasteiger partial charge in [0.05, 0.1) is 44.7 Å². The average Bonchev–Trinajstić information content (AvgIpc) is 3.41. The minimum Gasteiger partial charge on any atom is -0.496 e. The number of anilines is 1. The lowest BCUT2D eigenvalue weighted by molar-refractivity contribution is -0.131. The lowest BCUT2D eigenvalue weighted by atomic mass is 10.0. The van der Waals surface area contributed by atoms with Crippen molar-refractivity contribution < 1.29 is 57.2 Å². The normalized spacial score (nSPS) is 14.7. The Kier molecular flexibility index (Phi) is 19.7. The van der Waals surface area contributed by atoms with Crippen LogP contribution in [-0.2, 0) is 51.0 Å². The number of hydrogen-bond acceptors (Lipinski definition) is 12. The second-order valence-electron chi connectivity index (χ2n) is 15.4. The first-order chi connectivity index (χ1) is 31.0. The minimum absolute atomic E-state index is 0.0238. The lowest BCUT2D eigenvalue weighted by Gasteiger charge is -2.23. The number of fused-ring (bicyclic) bond motifs is 1. The van der Waals surface area contributed by atoms with Crippen LogP contribution in [0.25, 0.3) is 0 Å². The maximum Gasteiger partial charge on any atom is 0.266 e. The molecule has 2 aliphatic rings. The van der Waals surface area contributed by atoms with Crippen LogP contribution in [0.2, 0.25) is 0 Å². The Morgan fingerprint density at radius 2 is 1.38 bits per heavy atom. The predicted molar refractivity (Wildman–Crippen MR) is 235 cm³/mol. The molecule has 2 heterocycles. The molecule has 0 aliphatic carbocycles. The molecular weight excluding hydrogens is 827 g/mol. The van der Waals surface area contributed by atoms with Crippen LogP contribution in [0.3, 0.4) is 0 Å². The number of hydrogen-bond donors (Lipinski definition) is 4. The van der Waals surface area contributed by atoms with E-state index < -0.39 is 42.2 Å². The molecule has 1 saturated heterocycles. The number of carbonyl (C=O) groups excluding carboxylic acids is 7. The summed E-state index contributed by atoms with van der Waals surface area (Å²) in [6, 6.07) is 17.4. The van der Waals surface area contributed by atoms with E-state index in [2.05, 4.69) is 33.4 Å². The third-order valence-electron chi connectivity index (χ3n) is 10.5. The zero-order chi connectivity index (χ0) is 45.7. The highest BCUT2D eigenvalue weighted by Gasteiger charge is 2.45. The molecule has 344 valence electrons. The number of ether oxygens (including phenoxy) is 5. The van der Waals surface area contributed by atoms with Gasteiger partial charge in [-0.15, -0.1) is 0 Å². The number of methoxy groups -OCH3 is 1. The molecule has 0 saturated carbocycles. The molecule has 0 unspecified atom stereocenters. The molecule has 3 aromatic rings. The summed E-state index contributed by atoms with van der Waals surface area (Å²) in [7, 11) is 1.67. The first-order valence-electron chi connectivity index (χ1n) is 21.8. The third-order valence-corrected chi connectivity index (χ3v) is 10.5. The smallest absolute Gasteiger partial charge is 0.266 e. The van der Waals surface area contributed by atoms with Crippen molar-refractivity contribution >= 4 is 47.0 Å². The maximum atomic E-state index is 13.3. The summed E-state index contributed by atoms with van der Waals surface area (Å²) in [5.74, 6) is -2.43. The molecule has 0 spiro atoms. The number of nitrogens with zero attached hydrogens (tertiary/aromatic N) is 1. The number of imide groups is 2. The summed E-state index contributed by atoms with van der Waals surface area (Å²) in [6.45, 7) is 4.74. The fraction of sp³-hybridized carbons (Fsp3) is 0.468. The first kappa shape index (κ1) is 48.9. The van der Waals surface area contributed by atoms with Gasteiger partial charge in [-0.25, -0.2) is 0 Å². The van der Waals surface area contributed by atoms with Crippen LogP contribution in [0.5, 0.6) is 11.5 Å². The van der Waals surface area contributed by atoms with Crippen LogP contribution in [-0.4, -0.2) is 119 Å². The quantitative estimate of drug-likeness (QED) is 0.0635. The SMILES string of the molecule is COc1ccc(CCCc2cccc(NC(=O)CCC(=O)NCCCOCCOCCOCCCNC(=O)COc3cccc4c3C(=O)N([C@H]3CCCC(=O)NC3=O)C4=O)c2)cc1C. The van der Waals surface area contributed by atoms with Crippen LogP contribution in [0, 0.1) is 6.92 Å². The number of aryl methyl sites for hydroxylation is 3. The van der Waals surface area contributed by atoms with Gasteiger partial charge in [-0.2, -0.15) is 0 Å². The molecule has 1 atom stereocenters. The van der Waals surface area contributed by atoms with Gasteiger partial charge in [-0.05, 0) is 98.9 Å². The molecule has 64 heavy (non-hydrogen) atoms. The summed E-state index contributed by atoms with van der Waals surface area (Å²) >= 11 is 0. The maximum absolute atomic E-state index is 13.3. The van der Waals surface area contributed by atoms with E-state index in [9.17, 15) is 33.6 Å². The standard InChI is InChI=1S/C47H59N5O12/c1-32-29-34(17-18-38(32)60-2)10-3-9-33-11-4-12-35(30-33)50-42(55)20-19-40(53)48-21-7-23-61-25-27-63-28-26-62-24-8-22-49-43(56)31-64-39-15-5-13-36-44(39)47(59)52(46(36)58)37-14-6-16-41(54)51-45(37)57/h4-5,11-13,15,17-18,29-30,37H,3,6-10,14,16,19-28,31H2,1-2H3,(H,48,53)(H,49,56)(H,50,55)(H,51,54,57)/t37-/m0/s1. The largest absolute Gasteiger partial charge is 0.496 e. The highest BCUT2D eigenvalue weighted by Crippen LogP contribution is 2.33. The Labute approximate surface area is 373 Å². The van der Waals surface area contributed by atoms with Crippen molar-refractivity contribution in [1.82, 2.24) is 20.9 Å². The van der Waals surface area contributed by atoms with Gasteiger partial charge in [-0.3, -0.25) is 43.8 Å². The third kappa shape index (κ3) is 15.3. The van der Waals surface area contributed by atoms with Crippen molar-refractivity contribution in [2.75, 3.05) is 71.8 Å². The molecule has 0 bridgehead atoms. The number of carbonyl (C=O) groups is 7. The summed E-state index contributed by atoms with van der Waals surface area (Å²) in [6.07, 6.45) is 4.77. The van der Waals surface area contributed by atoms with Gasteiger partial charge in [0.2, 0.25) is 23.6 Å². The Bertz CT molecular complexity index is 2110. The molecule has 4 N–H and O–H groups in total. The summed E-state index contributed by atoms with van der Waals surface area (Å²) in [5, 5.41) is 10.6. The van der Waals surface area contributed by atoms with Gasteiger partial charge in [0, 0.05) is 51.3 Å². The number of rotatable bonds is 27. The molecule has 17 nitrogen and oxygen atoms in total. The minimum atomic E-state index is -1.11. The van der Waals surface area contributed by atoms with Gasteiger partial charge in [-0.1, -0.05) is 30.3 Å². The van der Waals surface area contributed by atoms with Crippen LogP contribution in [0.1, 0.15) is 88.8 Å². The van der Waals surface area contributed by atoms with Gasteiger partial charge in [0.25, 0.3) is 17.7 Å². The van der Waals surface area contributed by atoms with E-state index in [0.29, 0.717) is 72.0 Å². The van der Waals surface area contributed by atoms with Gasteiger partial charge >= 0.3 is 0 Å². The second-order valence-corrected chi connectivity index (χ2v) is 15.4. The molecule has 0 aromatic heterocycles. The first-order valence-corrected chi connectivity index (χ1v) is 21.8. The monoisotopic (exact) mass is 885 g/mol. The van der Waals surface area contributed by atoms with Crippen LogP contribution in [0.15, 0.2) is 60.7 Å². The fourth-order valence-electron chi connectivity index (χ4n) is 7.27. The lowest BCUT2D eigenvalue weighted by Crippen LogP contribution is -2.49. The fourth-order valence-corrected chi connectivity index (χ4v) is 7.27. The summed E-state index contributed by atoms with van der Waals surface area (Å²) in [5.41, 5.74) is 4.28. The van der Waals surface area contributed by atoms with E-state index in [1.807, 2.05) is 37.3 Å². The van der Waals surface area contributed by atoms with Gasteiger partial charge < -0.3 is 39.6 Å². The Morgan fingerprint density at radius 1 is 0.719 bits per heavy atom. The molecule has 1 fully saturated rings. The van der Waals surface area contributed by atoms with Crippen molar-refractivity contribution in [3.63, 3.8) is 0 Å². The molecule has 7 amide bonds. The number of nitrogens with one attached hydrogen (secondary N) is 4. The zero-order valence-electron chi connectivity index (χ0n) is 36.6. The highest BCUT2D eigenvalue weighted by atomic mass is 16.5. The molecule has 2 aliphatic heterocycles. The van der Waals surface area contributed by atoms with Crippen molar-refractivity contribution in [2.24, 2.45) is 0 Å². The van der Waals surface area contributed by atoms with Crippen LogP contribution in [0.4, 0.5) is 5.69 Å². The Morgan fingerprint density at radius 3 is 2.08 bits per heavy atom. The summed E-state index contributed by atoms with van der Waals surface area (Å²) in [4.78, 5) is 88.7. The molecular formula is C47H59N5O12. The van der Waals surface area contributed by atoms with E-state index in [-0.39, 0.29) is 54.4 Å². The topological polar surface area (TPSA) is 217 Å². The van der Waals surface area contributed by atoms with Gasteiger partial charge in [0.15, 0.2) is 6.61 Å². The van der Waals surface area contributed by atoms with E-state index >= 15 is 0 Å². The highest BCUT2D eigenvalue weighted by molar-refractivity contribution is 6.24. The average molecular weight is 886 g/mol.